The molecule has 106 valence electrons. The number of hydrogen-bond acceptors (Lipinski definition) is 3. The topological polar surface area (TPSA) is 55.1 Å². The number of nitrogen functional groups attached to an aromatic ring is 1. The van der Waals surface area contributed by atoms with Gasteiger partial charge in [-0.05, 0) is 30.3 Å². The highest BCUT2D eigenvalue weighted by atomic mass is 79.9. The van der Waals surface area contributed by atoms with Crippen molar-refractivity contribution < 1.29 is 9.18 Å². The second kappa shape index (κ2) is 5.46. The van der Waals surface area contributed by atoms with Gasteiger partial charge in [0.15, 0.2) is 0 Å². The van der Waals surface area contributed by atoms with Crippen LogP contribution in [0.4, 0.5) is 15.8 Å². The fourth-order valence-electron chi connectivity index (χ4n) is 2.05. The molecule has 0 aliphatic rings. The van der Waals surface area contributed by atoms with Crippen LogP contribution in [-0.2, 0) is 0 Å². The van der Waals surface area contributed by atoms with E-state index in [-0.39, 0.29) is 5.91 Å². The van der Waals surface area contributed by atoms with Gasteiger partial charge in [0, 0.05) is 20.2 Å². The number of nitrogens with one attached hydrogen (secondary N) is 1. The highest BCUT2D eigenvalue weighted by molar-refractivity contribution is 9.10. The van der Waals surface area contributed by atoms with Gasteiger partial charge in [-0.2, -0.15) is 0 Å². The summed E-state index contributed by atoms with van der Waals surface area (Å²) in [5, 5.41) is 3.48. The molecule has 6 heteroatoms. The first-order chi connectivity index (χ1) is 10.1. The van der Waals surface area contributed by atoms with Gasteiger partial charge in [0.05, 0.1) is 5.69 Å². The predicted molar refractivity (Wildman–Crippen MR) is 88.3 cm³/mol. The zero-order valence-electron chi connectivity index (χ0n) is 10.7. The molecule has 0 radical (unpaired) electrons. The van der Waals surface area contributed by atoms with Crippen molar-refractivity contribution in [3.63, 3.8) is 0 Å². The molecule has 3 aromatic rings. The van der Waals surface area contributed by atoms with E-state index in [1.54, 1.807) is 6.07 Å². The van der Waals surface area contributed by atoms with Gasteiger partial charge in [-0.1, -0.05) is 28.1 Å². The molecule has 1 heterocycles. The Bertz CT molecular complexity index is 847. The number of benzene rings is 2. The van der Waals surface area contributed by atoms with Crippen LogP contribution in [0.25, 0.3) is 10.1 Å². The fraction of sp³-hybridized carbons (Fsp3) is 0. The number of carbonyl (C=O) groups is 1. The Morgan fingerprint density at radius 3 is 2.71 bits per heavy atom. The first kappa shape index (κ1) is 14.0. The Morgan fingerprint density at radius 2 is 2.00 bits per heavy atom. The number of amides is 1. The molecule has 3 N–H and O–H groups in total. The van der Waals surface area contributed by atoms with Crippen LogP contribution in [0.3, 0.4) is 0 Å². The van der Waals surface area contributed by atoms with E-state index in [1.165, 1.54) is 29.5 Å². The van der Waals surface area contributed by atoms with Crippen molar-refractivity contribution in [3.05, 3.63) is 57.6 Å². The summed E-state index contributed by atoms with van der Waals surface area (Å²) in [6.07, 6.45) is 0. The van der Waals surface area contributed by atoms with E-state index in [4.69, 9.17) is 5.73 Å². The molecular weight excluding hydrogens is 355 g/mol. The first-order valence-electron chi connectivity index (χ1n) is 6.09. The van der Waals surface area contributed by atoms with E-state index in [2.05, 4.69) is 21.2 Å². The van der Waals surface area contributed by atoms with Crippen LogP contribution < -0.4 is 11.1 Å². The minimum atomic E-state index is -0.403. The van der Waals surface area contributed by atoms with Gasteiger partial charge in [-0.25, -0.2) is 4.39 Å². The summed E-state index contributed by atoms with van der Waals surface area (Å²) in [7, 11) is 0. The van der Waals surface area contributed by atoms with Crippen molar-refractivity contribution in [1.82, 2.24) is 0 Å². The second-order valence-electron chi connectivity index (χ2n) is 4.42. The summed E-state index contributed by atoms with van der Waals surface area (Å²) in [4.78, 5) is 12.7. The van der Waals surface area contributed by atoms with Gasteiger partial charge in [0.25, 0.3) is 5.91 Å². The molecule has 2 aromatic carbocycles. The van der Waals surface area contributed by atoms with Crippen LogP contribution >= 0.6 is 27.3 Å². The number of halogens is 2. The Balaban J connectivity index is 1.99. The lowest BCUT2D eigenvalue weighted by Gasteiger charge is -2.04. The van der Waals surface area contributed by atoms with E-state index in [9.17, 15) is 9.18 Å². The minimum absolute atomic E-state index is 0.341. The first-order valence-corrected chi connectivity index (χ1v) is 7.70. The molecule has 3 rings (SSSR count). The normalized spacial score (nSPS) is 10.8. The molecular formula is C15H10BrFN2OS. The van der Waals surface area contributed by atoms with E-state index in [0.29, 0.717) is 16.3 Å². The maximum atomic E-state index is 13.1. The van der Waals surface area contributed by atoms with Crippen LogP contribution in [-0.4, -0.2) is 5.91 Å². The van der Waals surface area contributed by atoms with Gasteiger partial charge in [-0.3, -0.25) is 4.79 Å². The Labute approximate surface area is 132 Å². The molecule has 0 spiro atoms. The number of nitrogens with two attached hydrogens (primary N) is 1. The van der Waals surface area contributed by atoms with E-state index >= 15 is 0 Å². The number of fused-ring (bicyclic) bond motifs is 1. The van der Waals surface area contributed by atoms with Crippen molar-refractivity contribution in [2.45, 2.75) is 0 Å². The third-order valence-electron chi connectivity index (χ3n) is 2.99. The number of rotatable bonds is 2. The predicted octanol–water partition coefficient (Wildman–Crippen LogP) is 4.64. The SMILES string of the molecule is Nc1c(C(=O)Nc2cccc(F)c2)sc2cccc(Br)c12. The molecule has 0 saturated carbocycles. The standard InChI is InChI=1S/C15H10BrFN2OS/c16-10-5-2-6-11-12(10)13(18)14(21-11)15(20)19-9-4-1-3-8(17)7-9/h1-7H,18H2,(H,19,20). The number of anilines is 2. The zero-order valence-corrected chi connectivity index (χ0v) is 13.1. The van der Waals surface area contributed by atoms with Gasteiger partial charge in [0.2, 0.25) is 0 Å². The third-order valence-corrected chi connectivity index (χ3v) is 4.82. The molecule has 1 aromatic heterocycles. The highest BCUT2D eigenvalue weighted by Crippen LogP contribution is 2.38. The van der Waals surface area contributed by atoms with E-state index < -0.39 is 5.82 Å². The molecule has 0 fully saturated rings. The fourth-order valence-corrected chi connectivity index (χ4v) is 3.81. The quantitative estimate of drug-likeness (QED) is 0.695. The van der Waals surface area contributed by atoms with Crippen molar-refractivity contribution >= 4 is 54.6 Å². The molecule has 0 bridgehead atoms. The summed E-state index contributed by atoms with van der Waals surface area (Å²) in [6.45, 7) is 0. The van der Waals surface area contributed by atoms with Gasteiger partial charge in [-0.15, -0.1) is 11.3 Å². The summed E-state index contributed by atoms with van der Waals surface area (Å²) in [5.74, 6) is -0.744. The smallest absolute Gasteiger partial charge is 0.267 e. The number of thiophene rings is 1. The van der Waals surface area contributed by atoms with Gasteiger partial charge >= 0.3 is 0 Å². The lowest BCUT2D eigenvalue weighted by Crippen LogP contribution is -2.12. The zero-order chi connectivity index (χ0) is 15.0. The maximum Gasteiger partial charge on any atom is 0.267 e. The Hall–Kier alpha value is -1.92. The lowest BCUT2D eigenvalue weighted by atomic mass is 10.2. The summed E-state index contributed by atoms with van der Waals surface area (Å²) >= 11 is 4.74. The number of hydrogen-bond donors (Lipinski definition) is 2. The van der Waals surface area contributed by atoms with E-state index in [0.717, 1.165) is 14.6 Å². The van der Waals surface area contributed by atoms with Crippen LogP contribution in [0, 0.1) is 5.82 Å². The molecule has 0 aliphatic heterocycles. The van der Waals surface area contributed by atoms with Crippen molar-refractivity contribution in [3.8, 4) is 0 Å². The molecule has 3 nitrogen and oxygen atoms in total. The van der Waals surface area contributed by atoms with Crippen molar-refractivity contribution in [2.24, 2.45) is 0 Å². The lowest BCUT2D eigenvalue weighted by molar-refractivity contribution is 0.103. The Morgan fingerprint density at radius 1 is 1.24 bits per heavy atom. The summed E-state index contributed by atoms with van der Waals surface area (Å²) in [6, 6.07) is 11.4. The third kappa shape index (κ3) is 2.64. The van der Waals surface area contributed by atoms with E-state index in [1.807, 2.05) is 18.2 Å². The van der Waals surface area contributed by atoms with Gasteiger partial charge in [0.1, 0.15) is 10.7 Å². The average molecular weight is 365 g/mol. The monoisotopic (exact) mass is 364 g/mol. The second-order valence-corrected chi connectivity index (χ2v) is 6.33. The van der Waals surface area contributed by atoms with Crippen molar-refractivity contribution in [2.75, 3.05) is 11.1 Å². The summed E-state index contributed by atoms with van der Waals surface area (Å²) in [5.41, 5.74) is 6.90. The average Bonchev–Trinajstić information content (AvgIpc) is 2.77. The summed E-state index contributed by atoms with van der Waals surface area (Å²) < 4.78 is 14.9. The molecule has 0 saturated heterocycles. The molecule has 1 amide bonds. The minimum Gasteiger partial charge on any atom is -0.397 e. The number of carbonyl (C=O) groups excluding carboxylic acids is 1. The van der Waals surface area contributed by atoms with Crippen LogP contribution in [0.2, 0.25) is 0 Å². The molecule has 21 heavy (non-hydrogen) atoms. The maximum absolute atomic E-state index is 13.1. The van der Waals surface area contributed by atoms with Crippen LogP contribution in [0.5, 0.6) is 0 Å². The van der Waals surface area contributed by atoms with Crippen LogP contribution in [0.1, 0.15) is 9.67 Å². The van der Waals surface area contributed by atoms with Crippen LogP contribution in [0.15, 0.2) is 46.9 Å². The molecule has 0 atom stereocenters. The van der Waals surface area contributed by atoms with Gasteiger partial charge < -0.3 is 11.1 Å². The highest BCUT2D eigenvalue weighted by Gasteiger charge is 2.18. The Kier molecular flexibility index (Phi) is 3.65. The largest absolute Gasteiger partial charge is 0.397 e. The molecule has 0 unspecified atom stereocenters. The molecule has 0 aliphatic carbocycles. The van der Waals surface area contributed by atoms with Crippen molar-refractivity contribution in [1.29, 1.82) is 0 Å².